The van der Waals surface area contributed by atoms with Crippen molar-refractivity contribution < 1.29 is 22.3 Å². The maximum atomic E-state index is 13.8. The molecular weight excluding hydrogens is 363 g/mol. The minimum atomic E-state index is -4.22. The molecule has 26 heavy (non-hydrogen) atoms. The molecule has 2 aromatic carbocycles. The first-order valence-corrected chi connectivity index (χ1v) is 8.79. The molecule has 1 heterocycles. The number of hydrogen-bond acceptors (Lipinski definition) is 5. The zero-order chi connectivity index (χ0) is 18.9. The number of aromatic nitrogens is 2. The summed E-state index contributed by atoms with van der Waals surface area (Å²) in [5.41, 5.74) is -1.46. The molecule has 3 rings (SSSR count). The number of benzene rings is 2. The van der Waals surface area contributed by atoms with E-state index in [1.807, 2.05) is 0 Å². The van der Waals surface area contributed by atoms with E-state index < -0.39 is 27.4 Å². The van der Waals surface area contributed by atoms with Crippen LogP contribution in [0.5, 0.6) is 5.75 Å². The number of imidazole rings is 1. The van der Waals surface area contributed by atoms with Gasteiger partial charge in [-0.2, -0.15) is 3.97 Å². The second-order valence-corrected chi connectivity index (χ2v) is 7.03. The van der Waals surface area contributed by atoms with E-state index in [0.717, 1.165) is 18.5 Å². The fourth-order valence-electron chi connectivity index (χ4n) is 2.32. The molecule has 9 heteroatoms. The standard InChI is InChI=1S/C17H13FN2O5S/c1-25-12-6-8-13(9-7-12)26(23,24)20-11-10-19(17(20)22)16(21)14-4-2-3-5-15(14)18/h2-11H,1H3. The van der Waals surface area contributed by atoms with Crippen molar-refractivity contribution >= 4 is 15.9 Å². The van der Waals surface area contributed by atoms with Crippen molar-refractivity contribution in [3.8, 4) is 5.75 Å². The number of ether oxygens (including phenoxy) is 1. The van der Waals surface area contributed by atoms with Gasteiger partial charge in [0, 0.05) is 12.4 Å². The molecule has 0 unspecified atom stereocenters. The van der Waals surface area contributed by atoms with Gasteiger partial charge in [-0.3, -0.25) is 4.79 Å². The summed E-state index contributed by atoms with van der Waals surface area (Å²) in [6, 6.07) is 10.5. The summed E-state index contributed by atoms with van der Waals surface area (Å²) in [4.78, 5) is 24.6. The topological polar surface area (TPSA) is 87.4 Å². The third kappa shape index (κ3) is 2.93. The van der Waals surface area contributed by atoms with Crippen molar-refractivity contribution in [2.45, 2.75) is 4.90 Å². The van der Waals surface area contributed by atoms with Crippen molar-refractivity contribution in [3.63, 3.8) is 0 Å². The lowest BCUT2D eigenvalue weighted by Gasteiger charge is -2.06. The lowest BCUT2D eigenvalue weighted by atomic mass is 10.2. The summed E-state index contributed by atoms with van der Waals surface area (Å²) in [6.07, 6.45) is 1.93. The molecule has 0 amide bonds. The summed E-state index contributed by atoms with van der Waals surface area (Å²) in [5, 5.41) is 0. The predicted octanol–water partition coefficient (Wildman–Crippen LogP) is 1.72. The Bertz CT molecular complexity index is 1130. The van der Waals surface area contributed by atoms with E-state index >= 15 is 0 Å². The Labute approximate surface area is 147 Å². The van der Waals surface area contributed by atoms with Gasteiger partial charge in [-0.1, -0.05) is 12.1 Å². The highest BCUT2D eigenvalue weighted by Crippen LogP contribution is 2.17. The van der Waals surface area contributed by atoms with Crippen LogP contribution in [0.4, 0.5) is 4.39 Å². The predicted molar refractivity (Wildman–Crippen MR) is 90.4 cm³/mol. The van der Waals surface area contributed by atoms with Gasteiger partial charge in [0.15, 0.2) is 0 Å². The largest absolute Gasteiger partial charge is 0.497 e. The highest BCUT2D eigenvalue weighted by Gasteiger charge is 2.23. The molecule has 3 aromatic rings. The van der Waals surface area contributed by atoms with E-state index in [2.05, 4.69) is 0 Å². The summed E-state index contributed by atoms with van der Waals surface area (Å²) >= 11 is 0. The molecule has 0 saturated carbocycles. The van der Waals surface area contributed by atoms with E-state index in [9.17, 15) is 22.4 Å². The molecule has 0 bridgehead atoms. The highest BCUT2D eigenvalue weighted by atomic mass is 32.2. The lowest BCUT2D eigenvalue weighted by Crippen LogP contribution is -2.32. The van der Waals surface area contributed by atoms with E-state index in [-0.39, 0.29) is 10.5 Å². The van der Waals surface area contributed by atoms with Crippen LogP contribution < -0.4 is 10.4 Å². The third-order valence-corrected chi connectivity index (χ3v) is 5.35. The summed E-state index contributed by atoms with van der Waals surface area (Å²) in [6.45, 7) is 0. The Morgan fingerprint density at radius 3 is 2.31 bits per heavy atom. The third-order valence-electron chi connectivity index (χ3n) is 3.69. The van der Waals surface area contributed by atoms with Crippen molar-refractivity contribution in [1.29, 1.82) is 0 Å². The van der Waals surface area contributed by atoms with Crippen LogP contribution in [0.25, 0.3) is 0 Å². The quantitative estimate of drug-likeness (QED) is 0.692. The Morgan fingerprint density at radius 2 is 1.69 bits per heavy atom. The second kappa shape index (κ2) is 6.60. The molecule has 1 aromatic heterocycles. The maximum Gasteiger partial charge on any atom is 0.349 e. The van der Waals surface area contributed by atoms with Crippen LogP contribution in [0, 0.1) is 5.82 Å². The molecule has 0 aliphatic heterocycles. The minimum absolute atomic E-state index is 0.156. The van der Waals surface area contributed by atoms with E-state index in [1.54, 1.807) is 0 Å². The van der Waals surface area contributed by atoms with Crippen molar-refractivity contribution in [2.75, 3.05) is 7.11 Å². The lowest BCUT2D eigenvalue weighted by molar-refractivity contribution is 0.0952. The molecule has 134 valence electrons. The molecule has 7 nitrogen and oxygen atoms in total. The molecule has 0 spiro atoms. The summed E-state index contributed by atoms with van der Waals surface area (Å²) in [7, 11) is -2.78. The monoisotopic (exact) mass is 376 g/mol. The number of methoxy groups -OCH3 is 1. The van der Waals surface area contributed by atoms with Crippen LogP contribution in [0.3, 0.4) is 0 Å². The maximum absolute atomic E-state index is 13.8. The zero-order valence-corrected chi connectivity index (χ0v) is 14.3. The van der Waals surface area contributed by atoms with Gasteiger partial charge in [0.1, 0.15) is 11.6 Å². The number of nitrogens with zero attached hydrogens (tertiary/aromatic N) is 2. The summed E-state index contributed by atoms with van der Waals surface area (Å²) < 4.78 is 44.9. The molecular formula is C17H13FN2O5S. The number of rotatable bonds is 4. The van der Waals surface area contributed by atoms with Gasteiger partial charge in [-0.15, -0.1) is 0 Å². The zero-order valence-electron chi connectivity index (χ0n) is 13.5. The average Bonchev–Trinajstić information content (AvgIpc) is 3.04. The summed E-state index contributed by atoms with van der Waals surface area (Å²) in [5.74, 6) is -1.32. The van der Waals surface area contributed by atoms with Gasteiger partial charge in [0.25, 0.3) is 15.9 Å². The van der Waals surface area contributed by atoms with Gasteiger partial charge < -0.3 is 4.74 Å². The van der Waals surface area contributed by atoms with Crippen LogP contribution in [0.2, 0.25) is 0 Å². The van der Waals surface area contributed by atoms with E-state index in [1.165, 1.54) is 49.6 Å². The second-order valence-electron chi connectivity index (χ2n) is 5.21. The molecule has 0 saturated heterocycles. The van der Waals surface area contributed by atoms with Crippen molar-refractivity contribution in [3.05, 3.63) is 82.8 Å². The van der Waals surface area contributed by atoms with Crippen molar-refractivity contribution in [1.82, 2.24) is 8.54 Å². The van der Waals surface area contributed by atoms with Crippen molar-refractivity contribution in [2.24, 2.45) is 0 Å². The Kier molecular flexibility index (Phi) is 4.47. The molecule has 0 aliphatic rings. The SMILES string of the molecule is COc1ccc(S(=O)(=O)n2ccn(C(=O)c3ccccc3F)c2=O)cc1. The van der Waals surface area contributed by atoms with Gasteiger partial charge in [0.2, 0.25) is 0 Å². The first-order valence-electron chi connectivity index (χ1n) is 7.35. The van der Waals surface area contributed by atoms with Gasteiger partial charge in [0.05, 0.1) is 17.6 Å². The fourth-order valence-corrected chi connectivity index (χ4v) is 3.54. The number of carbonyl (C=O) groups is 1. The molecule has 0 atom stereocenters. The first kappa shape index (κ1) is 17.6. The fraction of sp³-hybridized carbons (Fsp3) is 0.0588. The normalized spacial score (nSPS) is 11.3. The molecule has 0 radical (unpaired) electrons. The van der Waals surface area contributed by atoms with Crippen LogP contribution >= 0.6 is 0 Å². The van der Waals surface area contributed by atoms with Crippen LogP contribution in [0.1, 0.15) is 10.4 Å². The highest BCUT2D eigenvalue weighted by molar-refractivity contribution is 7.90. The minimum Gasteiger partial charge on any atom is -0.497 e. The number of carbonyl (C=O) groups excluding carboxylic acids is 1. The Morgan fingerprint density at radius 1 is 1.04 bits per heavy atom. The van der Waals surface area contributed by atoms with Gasteiger partial charge in [-0.25, -0.2) is 22.2 Å². The number of halogens is 1. The molecule has 0 N–H and O–H groups in total. The Balaban J connectivity index is 2.04. The van der Waals surface area contributed by atoms with Gasteiger partial charge >= 0.3 is 5.69 Å². The smallest absolute Gasteiger partial charge is 0.349 e. The Hall–Kier alpha value is -3.20. The molecule has 0 fully saturated rings. The van der Waals surface area contributed by atoms with E-state index in [4.69, 9.17) is 4.74 Å². The van der Waals surface area contributed by atoms with Crippen LogP contribution in [-0.4, -0.2) is 30.0 Å². The van der Waals surface area contributed by atoms with Gasteiger partial charge in [-0.05, 0) is 36.4 Å². The van der Waals surface area contributed by atoms with Crippen LogP contribution in [0.15, 0.2) is 70.6 Å². The first-order chi connectivity index (χ1) is 12.4. The van der Waals surface area contributed by atoms with Crippen LogP contribution in [-0.2, 0) is 10.0 Å². The average molecular weight is 376 g/mol. The molecule has 0 aliphatic carbocycles. The van der Waals surface area contributed by atoms with E-state index in [0.29, 0.717) is 14.3 Å². The number of hydrogen-bond donors (Lipinski definition) is 0.